The van der Waals surface area contributed by atoms with Gasteiger partial charge in [-0.1, -0.05) is 32.8 Å². The molecule has 4 rings (SSSR count). The Bertz CT molecular complexity index is 1350. The smallest absolute Gasteiger partial charge is 0.246 e. The van der Waals surface area contributed by atoms with Gasteiger partial charge in [-0.15, -0.1) is 4.37 Å². The number of aromatic nitrogens is 2. The minimum Gasteiger partial charge on any atom is -0.548 e. The monoisotopic (exact) mass is 521 g/mol. The fourth-order valence-corrected chi connectivity index (χ4v) is 5.90. The number of para-hydroxylation sites is 1. The summed E-state index contributed by atoms with van der Waals surface area (Å²) in [5.41, 5.74) is 1.46. The van der Waals surface area contributed by atoms with Crippen LogP contribution >= 0.6 is 11.1 Å². The first-order chi connectivity index (χ1) is 16.6. The van der Waals surface area contributed by atoms with Crippen LogP contribution in [-0.4, -0.2) is 45.2 Å². The predicted molar refractivity (Wildman–Crippen MR) is 133 cm³/mol. The summed E-state index contributed by atoms with van der Waals surface area (Å²) in [5.74, 6) is 1.02. The standard InChI is InChI=1S/C23H31N5O5S2/c1-14(2)16-12-18(33-13-16)20(15-8-5-6-9-15)25-23-22(26-34(30)27-23)24-17-10-7-11-19(21(17)29)35(31,32)28(3)4/h7,10-15,20,29H,5-6,8-9H2,1-4H3,(H,24,26)(H,25,27)/t20-,34?/m1/s1. The first-order valence-electron chi connectivity index (χ1n) is 11.5. The molecule has 0 saturated heterocycles. The lowest BCUT2D eigenvalue weighted by Crippen LogP contribution is -2.22. The van der Waals surface area contributed by atoms with E-state index in [9.17, 15) is 18.1 Å². The number of aromatic hydroxyl groups is 1. The van der Waals surface area contributed by atoms with Gasteiger partial charge in [-0.2, -0.15) is 0 Å². The summed E-state index contributed by atoms with van der Waals surface area (Å²) in [6.07, 6.45) is 6.00. The van der Waals surface area contributed by atoms with Crippen molar-refractivity contribution in [2.24, 2.45) is 10.9 Å². The quantitative estimate of drug-likeness (QED) is 0.294. The van der Waals surface area contributed by atoms with Gasteiger partial charge in [0.05, 0.1) is 12.0 Å². The second-order valence-corrected chi connectivity index (χ2v) is 12.3. The lowest BCUT2D eigenvalue weighted by Gasteiger charge is -2.17. The van der Waals surface area contributed by atoms with Crippen LogP contribution in [-0.2, 0) is 10.0 Å². The normalized spacial score (nSPS) is 17.0. The summed E-state index contributed by atoms with van der Waals surface area (Å²) in [6.45, 7) is 4.19. The number of sulfonamides is 1. The zero-order valence-corrected chi connectivity index (χ0v) is 21.8. The lowest BCUT2D eigenvalue weighted by atomic mass is 9.95. The molecule has 190 valence electrons. The van der Waals surface area contributed by atoms with Crippen molar-refractivity contribution >= 4 is 32.7 Å². The number of hydrogen-bond donors (Lipinski definition) is 3. The molecule has 2 atom stereocenters. The SMILES string of the molecule is CC(C)c1coc([C@H](N=c2[nH][s+]([O-])nc2Nc2cccc(S(=O)(=O)N(C)C)c2O)C2CCCC2)c1. The Morgan fingerprint density at radius 1 is 1.31 bits per heavy atom. The predicted octanol–water partition coefficient (Wildman–Crippen LogP) is 4.39. The van der Waals surface area contributed by atoms with Crippen LogP contribution in [0.5, 0.6) is 5.75 Å². The molecule has 0 bridgehead atoms. The van der Waals surface area contributed by atoms with Crippen molar-refractivity contribution in [3.63, 3.8) is 0 Å². The number of H-pyrrole nitrogens is 1. The Morgan fingerprint density at radius 3 is 2.66 bits per heavy atom. The average Bonchev–Trinajstić information content (AvgIpc) is 3.55. The third-order valence-corrected chi connectivity index (χ3v) is 8.87. The first-order valence-corrected chi connectivity index (χ1v) is 14.1. The number of anilines is 2. The maximum Gasteiger partial charge on any atom is 0.246 e. The van der Waals surface area contributed by atoms with E-state index < -0.39 is 26.9 Å². The first kappa shape index (κ1) is 25.4. The molecule has 35 heavy (non-hydrogen) atoms. The molecule has 12 heteroatoms. The Kier molecular flexibility index (Phi) is 7.36. The van der Waals surface area contributed by atoms with Crippen molar-refractivity contribution in [3.8, 4) is 5.75 Å². The van der Waals surface area contributed by atoms with E-state index >= 15 is 0 Å². The van der Waals surface area contributed by atoms with E-state index in [0.717, 1.165) is 41.3 Å². The molecule has 0 aliphatic heterocycles. The van der Waals surface area contributed by atoms with Gasteiger partial charge in [0.15, 0.2) is 16.9 Å². The van der Waals surface area contributed by atoms with Crippen LogP contribution in [0.2, 0.25) is 0 Å². The number of benzene rings is 1. The van der Waals surface area contributed by atoms with Gasteiger partial charge in [-0.05, 0) is 48.4 Å². The van der Waals surface area contributed by atoms with Crippen LogP contribution in [0.4, 0.5) is 11.5 Å². The maximum atomic E-state index is 12.6. The molecule has 1 saturated carbocycles. The van der Waals surface area contributed by atoms with E-state index in [1.54, 1.807) is 6.26 Å². The number of rotatable bonds is 8. The Morgan fingerprint density at radius 2 is 2.03 bits per heavy atom. The molecular weight excluding hydrogens is 490 g/mol. The zero-order valence-electron chi connectivity index (χ0n) is 20.2. The van der Waals surface area contributed by atoms with Crippen molar-refractivity contribution in [2.75, 3.05) is 19.4 Å². The molecular formula is C23H31N5O5S2. The molecule has 3 aromatic rings. The van der Waals surface area contributed by atoms with E-state index in [1.165, 1.54) is 32.3 Å². The summed E-state index contributed by atoms with van der Waals surface area (Å²) in [7, 11) is -1.10. The number of furan rings is 1. The van der Waals surface area contributed by atoms with Crippen LogP contribution in [0.3, 0.4) is 0 Å². The molecule has 0 amide bonds. The second-order valence-electron chi connectivity index (χ2n) is 9.26. The van der Waals surface area contributed by atoms with E-state index in [2.05, 4.69) is 27.9 Å². The molecule has 2 heterocycles. The summed E-state index contributed by atoms with van der Waals surface area (Å²) in [4.78, 5) is 4.62. The summed E-state index contributed by atoms with van der Waals surface area (Å²) in [5, 5.41) is 13.6. The molecule has 0 radical (unpaired) electrons. The molecule has 1 aliphatic carbocycles. The number of nitrogens with one attached hydrogen (secondary N) is 2. The van der Waals surface area contributed by atoms with Crippen LogP contribution in [0.25, 0.3) is 0 Å². The Hall–Kier alpha value is -2.67. The van der Waals surface area contributed by atoms with Crippen molar-refractivity contribution < 1.29 is 22.5 Å². The Balaban J connectivity index is 1.75. The van der Waals surface area contributed by atoms with Gasteiger partial charge in [-0.25, -0.2) is 17.7 Å². The largest absolute Gasteiger partial charge is 0.548 e. The highest BCUT2D eigenvalue weighted by Gasteiger charge is 2.30. The van der Waals surface area contributed by atoms with Crippen LogP contribution in [0.15, 0.2) is 44.8 Å². The molecule has 1 aromatic carbocycles. The highest BCUT2D eigenvalue weighted by molar-refractivity contribution is 7.89. The lowest BCUT2D eigenvalue weighted by molar-refractivity contribution is 0.365. The molecule has 10 nitrogen and oxygen atoms in total. The van der Waals surface area contributed by atoms with Crippen molar-refractivity contribution in [1.29, 1.82) is 0 Å². The van der Waals surface area contributed by atoms with E-state index in [0.29, 0.717) is 5.92 Å². The fourth-order valence-electron chi connectivity index (χ4n) is 4.24. The van der Waals surface area contributed by atoms with Crippen LogP contribution < -0.4 is 10.8 Å². The van der Waals surface area contributed by atoms with E-state index in [1.807, 2.05) is 6.07 Å². The molecule has 1 aliphatic rings. The van der Waals surface area contributed by atoms with Crippen molar-refractivity contribution in [2.45, 2.75) is 56.4 Å². The molecule has 0 spiro atoms. The highest BCUT2D eigenvalue weighted by atomic mass is 32.2. The van der Waals surface area contributed by atoms with Gasteiger partial charge in [0, 0.05) is 18.5 Å². The fraction of sp³-hybridized carbons (Fsp3) is 0.478. The van der Waals surface area contributed by atoms with Gasteiger partial charge in [-0.3, -0.25) is 0 Å². The number of nitrogens with zero attached hydrogens (tertiary/aromatic N) is 3. The minimum atomic E-state index is -3.87. The number of phenols is 1. The van der Waals surface area contributed by atoms with Crippen molar-refractivity contribution in [1.82, 2.24) is 13.1 Å². The van der Waals surface area contributed by atoms with Gasteiger partial charge in [0.25, 0.3) is 0 Å². The summed E-state index contributed by atoms with van der Waals surface area (Å²) in [6, 6.07) is 6.07. The van der Waals surface area contributed by atoms with Gasteiger partial charge in [0.2, 0.25) is 21.3 Å². The highest BCUT2D eigenvalue weighted by Crippen LogP contribution is 2.39. The van der Waals surface area contributed by atoms with Crippen LogP contribution in [0, 0.1) is 5.92 Å². The van der Waals surface area contributed by atoms with Crippen molar-refractivity contribution in [3.05, 3.63) is 47.3 Å². The molecule has 3 N–H and O–H groups in total. The topological polar surface area (TPSA) is 147 Å². The molecule has 1 fully saturated rings. The van der Waals surface area contributed by atoms with Crippen LogP contribution in [0.1, 0.15) is 62.8 Å². The van der Waals surface area contributed by atoms with Gasteiger partial charge >= 0.3 is 0 Å². The second kappa shape index (κ2) is 10.1. The third-order valence-electron chi connectivity index (χ3n) is 6.31. The van der Waals surface area contributed by atoms with Gasteiger partial charge in [0.1, 0.15) is 16.7 Å². The maximum absolute atomic E-state index is 12.6. The minimum absolute atomic E-state index is 0.109. The van der Waals surface area contributed by atoms with Gasteiger partial charge < -0.3 is 19.4 Å². The summed E-state index contributed by atoms with van der Waals surface area (Å²) < 4.78 is 51.2. The molecule has 1 unspecified atom stereocenters. The molecule has 2 aromatic heterocycles. The number of aromatic amines is 1. The number of hydrogen-bond acceptors (Lipinski definition) is 8. The van der Waals surface area contributed by atoms with E-state index in [-0.39, 0.29) is 33.8 Å². The third kappa shape index (κ3) is 5.30. The van der Waals surface area contributed by atoms with E-state index in [4.69, 9.17) is 9.41 Å². The summed E-state index contributed by atoms with van der Waals surface area (Å²) >= 11 is -1.76. The zero-order chi connectivity index (χ0) is 25.3. The Labute approximate surface area is 207 Å². The average molecular weight is 522 g/mol. The number of phenolic OH excluding ortho intramolecular Hbond substituents is 1.